The van der Waals surface area contributed by atoms with Gasteiger partial charge in [0.25, 0.3) is 5.53 Å². The Balaban J connectivity index is 2.87. The number of benzene rings is 1. The molecule has 1 aromatic carbocycles. The van der Waals surface area contributed by atoms with Crippen molar-refractivity contribution < 1.29 is 24.2 Å². The Hall–Kier alpha value is -0.870. The molecular weight excluding hydrogens is 219 g/mol. The summed E-state index contributed by atoms with van der Waals surface area (Å²) in [5.41, 5.74) is -1.80. The zero-order valence-corrected chi connectivity index (χ0v) is 9.31. The zero-order chi connectivity index (χ0) is 11.7. The summed E-state index contributed by atoms with van der Waals surface area (Å²) < 4.78 is 16.0. The number of aryl methyl sites for hydroxylation is 1. The highest BCUT2D eigenvalue weighted by atomic mass is 31.2. The summed E-state index contributed by atoms with van der Waals surface area (Å²) in [4.78, 5) is 9.21. The largest absolute Gasteiger partial charge is 0.435 e. The van der Waals surface area contributed by atoms with Crippen molar-refractivity contribution in [2.75, 3.05) is 0 Å². The second-order valence-corrected chi connectivity index (χ2v) is 5.47. The third kappa shape index (κ3) is 3.04. The van der Waals surface area contributed by atoms with Gasteiger partial charge in [0.2, 0.25) is 0 Å². The van der Waals surface area contributed by atoms with Crippen LogP contribution in [-0.2, 0) is 4.57 Å². The lowest BCUT2D eigenvalue weighted by Crippen LogP contribution is -2.25. The van der Waals surface area contributed by atoms with Crippen LogP contribution in [0.2, 0.25) is 0 Å². The summed E-state index contributed by atoms with van der Waals surface area (Å²) >= 11 is 0. The van der Waals surface area contributed by atoms with Crippen molar-refractivity contribution in [2.45, 2.75) is 19.4 Å². The van der Waals surface area contributed by atoms with Gasteiger partial charge in [0.1, 0.15) is 5.75 Å². The van der Waals surface area contributed by atoms with Crippen molar-refractivity contribution in [3.05, 3.63) is 29.8 Å². The van der Waals surface area contributed by atoms with Gasteiger partial charge in [0.05, 0.1) is 0 Å². The van der Waals surface area contributed by atoms with Crippen molar-refractivity contribution in [1.29, 1.82) is 0 Å². The van der Waals surface area contributed by atoms with E-state index in [1.165, 1.54) is 12.1 Å². The summed E-state index contributed by atoms with van der Waals surface area (Å²) in [6.07, 6.45) is 0. The van der Waals surface area contributed by atoms with Gasteiger partial charge in [-0.1, -0.05) is 17.7 Å². The molecular formula is C9H13O5P. The first-order chi connectivity index (χ1) is 6.72. The van der Waals surface area contributed by atoms with E-state index in [1.54, 1.807) is 12.1 Å². The third-order valence-electron chi connectivity index (χ3n) is 1.79. The molecule has 15 heavy (non-hydrogen) atoms. The quantitative estimate of drug-likeness (QED) is 0.538. The Labute approximate surface area is 87.5 Å². The van der Waals surface area contributed by atoms with Crippen molar-refractivity contribution in [2.24, 2.45) is 0 Å². The molecule has 0 heterocycles. The standard InChI is InChI=1S/C9H13O5P/c1-7-3-5-8(6-4-7)14-15(12,13)9(2,10)11/h3-6,10-11H,1-2H3,(H,12,13). The molecule has 3 N–H and O–H groups in total. The van der Waals surface area contributed by atoms with Gasteiger partial charge >= 0.3 is 7.60 Å². The Morgan fingerprint density at radius 3 is 2.13 bits per heavy atom. The number of hydrogen-bond donors (Lipinski definition) is 3. The van der Waals surface area contributed by atoms with E-state index in [9.17, 15) is 9.46 Å². The first kappa shape index (κ1) is 12.2. The van der Waals surface area contributed by atoms with E-state index < -0.39 is 13.1 Å². The lowest BCUT2D eigenvalue weighted by atomic mass is 10.2. The fourth-order valence-electron chi connectivity index (χ4n) is 0.828. The topological polar surface area (TPSA) is 87.0 Å². The van der Waals surface area contributed by atoms with Crippen LogP contribution in [0.1, 0.15) is 12.5 Å². The van der Waals surface area contributed by atoms with Crippen molar-refractivity contribution in [3.8, 4) is 5.75 Å². The van der Waals surface area contributed by atoms with E-state index in [2.05, 4.69) is 4.52 Å². The smallest absolute Gasteiger partial charge is 0.421 e. The SMILES string of the molecule is Cc1ccc(OP(=O)(O)C(C)(O)O)cc1. The normalized spacial score (nSPS) is 15.8. The van der Waals surface area contributed by atoms with E-state index in [1.807, 2.05) is 6.92 Å². The predicted molar refractivity (Wildman–Crippen MR) is 54.5 cm³/mol. The van der Waals surface area contributed by atoms with Crippen LogP contribution in [0.25, 0.3) is 0 Å². The summed E-state index contributed by atoms with van der Waals surface area (Å²) in [6, 6.07) is 6.32. The maximum atomic E-state index is 11.3. The summed E-state index contributed by atoms with van der Waals surface area (Å²) in [6.45, 7) is 2.65. The first-order valence-corrected chi connectivity index (χ1v) is 5.84. The minimum atomic E-state index is -4.50. The molecule has 0 spiro atoms. The van der Waals surface area contributed by atoms with E-state index in [4.69, 9.17) is 10.2 Å². The van der Waals surface area contributed by atoms with Gasteiger partial charge in [-0.2, -0.15) is 0 Å². The minimum absolute atomic E-state index is 0.112. The number of hydrogen-bond acceptors (Lipinski definition) is 4. The molecule has 0 bridgehead atoms. The van der Waals surface area contributed by atoms with Gasteiger partial charge < -0.3 is 19.6 Å². The van der Waals surface area contributed by atoms with E-state index in [-0.39, 0.29) is 5.75 Å². The van der Waals surface area contributed by atoms with Crippen LogP contribution in [0.5, 0.6) is 5.75 Å². The molecule has 0 aromatic heterocycles. The number of aliphatic hydroxyl groups is 2. The summed E-state index contributed by atoms with van der Waals surface area (Å²) in [5.74, 6) is 0.112. The van der Waals surface area contributed by atoms with Crippen LogP contribution < -0.4 is 4.52 Å². The Bertz CT molecular complexity index is 378. The molecule has 0 radical (unpaired) electrons. The molecule has 0 fully saturated rings. The second-order valence-electron chi connectivity index (χ2n) is 3.40. The van der Waals surface area contributed by atoms with Crippen molar-refractivity contribution >= 4 is 7.60 Å². The van der Waals surface area contributed by atoms with Crippen molar-refractivity contribution in [3.63, 3.8) is 0 Å². The Morgan fingerprint density at radius 1 is 1.27 bits per heavy atom. The Morgan fingerprint density at radius 2 is 1.73 bits per heavy atom. The third-order valence-corrected chi connectivity index (χ3v) is 3.31. The van der Waals surface area contributed by atoms with Crippen LogP contribution in [0.4, 0.5) is 0 Å². The molecule has 0 amide bonds. The minimum Gasteiger partial charge on any atom is -0.421 e. The average molecular weight is 232 g/mol. The molecule has 84 valence electrons. The van der Waals surface area contributed by atoms with E-state index >= 15 is 0 Å². The molecule has 0 saturated heterocycles. The molecule has 1 atom stereocenters. The summed E-state index contributed by atoms with van der Waals surface area (Å²) in [7, 11) is -4.50. The average Bonchev–Trinajstić information content (AvgIpc) is 2.06. The van der Waals surface area contributed by atoms with Gasteiger partial charge in [-0.15, -0.1) is 0 Å². The summed E-state index contributed by atoms with van der Waals surface area (Å²) in [5, 5.41) is 18.0. The first-order valence-electron chi connectivity index (χ1n) is 4.26. The molecule has 0 aliphatic carbocycles. The second kappa shape index (κ2) is 3.94. The fraction of sp³-hybridized carbons (Fsp3) is 0.333. The van der Waals surface area contributed by atoms with Gasteiger partial charge in [0, 0.05) is 6.92 Å². The van der Waals surface area contributed by atoms with Crippen molar-refractivity contribution in [1.82, 2.24) is 0 Å². The number of rotatable bonds is 3. The van der Waals surface area contributed by atoms with Crippen LogP contribution in [0.15, 0.2) is 24.3 Å². The Kier molecular flexibility index (Phi) is 3.21. The van der Waals surface area contributed by atoms with Gasteiger partial charge in [-0.25, -0.2) is 4.57 Å². The van der Waals surface area contributed by atoms with E-state index in [0.717, 1.165) is 12.5 Å². The fourth-order valence-corrected chi connectivity index (χ4v) is 1.41. The highest BCUT2D eigenvalue weighted by Crippen LogP contribution is 2.51. The van der Waals surface area contributed by atoms with Crippen LogP contribution >= 0.6 is 7.60 Å². The lowest BCUT2D eigenvalue weighted by Gasteiger charge is -2.22. The van der Waals surface area contributed by atoms with Crippen LogP contribution in [0.3, 0.4) is 0 Å². The molecule has 0 aliphatic rings. The van der Waals surface area contributed by atoms with Crippen LogP contribution in [0, 0.1) is 6.92 Å². The zero-order valence-electron chi connectivity index (χ0n) is 8.41. The van der Waals surface area contributed by atoms with E-state index in [0.29, 0.717) is 0 Å². The molecule has 1 unspecified atom stereocenters. The molecule has 1 rings (SSSR count). The lowest BCUT2D eigenvalue weighted by molar-refractivity contribution is -0.0859. The molecule has 6 heteroatoms. The molecule has 1 aromatic rings. The molecule has 0 saturated carbocycles. The molecule has 0 aliphatic heterocycles. The van der Waals surface area contributed by atoms with Crippen LogP contribution in [-0.4, -0.2) is 20.6 Å². The molecule has 5 nitrogen and oxygen atoms in total. The van der Waals surface area contributed by atoms with Gasteiger partial charge in [0.15, 0.2) is 0 Å². The highest BCUT2D eigenvalue weighted by molar-refractivity contribution is 7.54. The predicted octanol–water partition coefficient (Wildman–Crippen LogP) is 1.22. The van der Waals surface area contributed by atoms with Gasteiger partial charge in [-0.3, -0.25) is 0 Å². The maximum Gasteiger partial charge on any atom is 0.435 e. The van der Waals surface area contributed by atoms with Gasteiger partial charge in [-0.05, 0) is 19.1 Å². The maximum absolute atomic E-state index is 11.3. The highest BCUT2D eigenvalue weighted by Gasteiger charge is 2.43. The monoisotopic (exact) mass is 232 g/mol.